The maximum Gasteiger partial charge on any atom is 0.416 e. The molecule has 0 amide bonds. The molecule has 2 aliphatic heterocycles. The summed E-state index contributed by atoms with van der Waals surface area (Å²) in [4.78, 5) is 1.86. The minimum atomic E-state index is -4.66. The van der Waals surface area contributed by atoms with Crippen molar-refractivity contribution in [2.24, 2.45) is 13.0 Å². The van der Waals surface area contributed by atoms with E-state index in [2.05, 4.69) is 22.0 Å². The number of fused-ring (bicyclic) bond motifs is 1. The van der Waals surface area contributed by atoms with E-state index in [1.165, 1.54) is 6.07 Å². The molecule has 1 unspecified atom stereocenters. The van der Waals surface area contributed by atoms with E-state index in [1.54, 1.807) is 24.5 Å². The SMILES string of the molecule is CC(Cc1nncn1C)c1cccc(N2Cc3c(C(F)(F)F)cc(CN4CCC[C@H](C)C4)cc3S2(=O)=O)c1. The Morgan fingerprint density at radius 1 is 1.18 bits per heavy atom. The molecular weight excluding hydrogens is 515 g/mol. The van der Waals surface area contributed by atoms with Crippen LogP contribution in [0, 0.1) is 5.92 Å². The average Bonchev–Trinajstić information content (AvgIpc) is 3.37. The first kappa shape index (κ1) is 26.7. The second kappa shape index (κ2) is 10.00. The van der Waals surface area contributed by atoms with E-state index in [9.17, 15) is 21.6 Å². The van der Waals surface area contributed by atoms with Gasteiger partial charge in [0.25, 0.3) is 10.0 Å². The molecule has 2 atom stereocenters. The van der Waals surface area contributed by atoms with Crippen LogP contribution in [-0.2, 0) is 42.8 Å². The van der Waals surface area contributed by atoms with E-state index >= 15 is 0 Å². The molecule has 2 aromatic carbocycles. The Hall–Kier alpha value is -2.92. The van der Waals surface area contributed by atoms with Gasteiger partial charge in [0, 0.05) is 32.1 Å². The van der Waals surface area contributed by atoms with Crippen LogP contribution in [0.15, 0.2) is 47.6 Å². The van der Waals surface area contributed by atoms with Crippen molar-refractivity contribution in [3.8, 4) is 0 Å². The van der Waals surface area contributed by atoms with Gasteiger partial charge < -0.3 is 4.57 Å². The van der Waals surface area contributed by atoms with Crippen molar-refractivity contribution in [2.75, 3.05) is 17.4 Å². The first-order valence-corrected chi connectivity index (χ1v) is 14.3. The van der Waals surface area contributed by atoms with Crippen molar-refractivity contribution < 1.29 is 21.6 Å². The molecule has 0 aliphatic carbocycles. The number of aryl methyl sites for hydroxylation is 1. The maximum atomic E-state index is 14.2. The van der Waals surface area contributed by atoms with E-state index in [1.807, 2.05) is 24.6 Å². The summed E-state index contributed by atoms with van der Waals surface area (Å²) in [5.41, 5.74) is 0.538. The van der Waals surface area contributed by atoms with Gasteiger partial charge in [0.05, 0.1) is 22.7 Å². The fourth-order valence-electron chi connectivity index (χ4n) is 5.58. The van der Waals surface area contributed by atoms with Crippen molar-refractivity contribution in [2.45, 2.75) is 63.2 Å². The van der Waals surface area contributed by atoms with Crippen LogP contribution in [0.5, 0.6) is 0 Å². The molecule has 1 saturated heterocycles. The third kappa shape index (κ3) is 5.18. The van der Waals surface area contributed by atoms with E-state index < -0.39 is 21.8 Å². The third-order valence-electron chi connectivity index (χ3n) is 7.61. The van der Waals surface area contributed by atoms with Crippen molar-refractivity contribution in [3.05, 3.63) is 70.8 Å². The molecule has 0 spiro atoms. The highest BCUT2D eigenvalue weighted by molar-refractivity contribution is 7.93. The summed E-state index contributed by atoms with van der Waals surface area (Å²) in [5.74, 6) is 1.24. The van der Waals surface area contributed by atoms with Gasteiger partial charge >= 0.3 is 6.18 Å². The number of hydrogen-bond donors (Lipinski definition) is 0. The molecule has 3 aromatic rings. The van der Waals surface area contributed by atoms with Crippen LogP contribution in [0.1, 0.15) is 60.7 Å². The third-order valence-corrected chi connectivity index (χ3v) is 9.45. The van der Waals surface area contributed by atoms with Gasteiger partial charge in [-0.3, -0.25) is 9.21 Å². The monoisotopic (exact) mass is 547 g/mol. The van der Waals surface area contributed by atoms with E-state index in [-0.39, 0.29) is 22.9 Å². The van der Waals surface area contributed by atoms with Gasteiger partial charge in [-0.25, -0.2) is 8.42 Å². The normalized spacial score (nSPS) is 20.5. The zero-order valence-corrected chi connectivity index (χ0v) is 22.6. The molecule has 11 heteroatoms. The summed E-state index contributed by atoms with van der Waals surface area (Å²) in [6.45, 7) is 5.65. The number of halogens is 3. The lowest BCUT2D eigenvalue weighted by Crippen LogP contribution is -2.33. The lowest BCUT2D eigenvalue weighted by molar-refractivity contribution is -0.138. The highest BCUT2D eigenvalue weighted by atomic mass is 32.2. The van der Waals surface area contributed by atoms with Crippen molar-refractivity contribution in [3.63, 3.8) is 0 Å². The molecule has 7 nitrogen and oxygen atoms in total. The number of rotatable bonds is 6. The second-order valence-corrected chi connectivity index (χ2v) is 12.5. The quantitative estimate of drug-likeness (QED) is 0.429. The van der Waals surface area contributed by atoms with E-state index in [0.717, 1.165) is 47.7 Å². The number of alkyl halides is 3. The average molecular weight is 548 g/mol. The molecule has 0 radical (unpaired) electrons. The summed E-state index contributed by atoms with van der Waals surface area (Å²) < 4.78 is 72.8. The van der Waals surface area contributed by atoms with Gasteiger partial charge in [0.15, 0.2) is 0 Å². The summed E-state index contributed by atoms with van der Waals surface area (Å²) in [6.07, 6.45) is -0.383. The molecule has 204 valence electrons. The highest BCUT2D eigenvalue weighted by Gasteiger charge is 2.43. The number of sulfonamides is 1. The smallest absolute Gasteiger partial charge is 0.321 e. The first-order chi connectivity index (χ1) is 17.9. The zero-order chi connectivity index (χ0) is 27.2. The minimum absolute atomic E-state index is 0.00481. The number of hydrogen-bond acceptors (Lipinski definition) is 5. The number of likely N-dealkylation sites (tertiary alicyclic amines) is 1. The minimum Gasteiger partial charge on any atom is -0.321 e. The molecule has 3 heterocycles. The topological polar surface area (TPSA) is 71.3 Å². The number of anilines is 1. The molecule has 0 saturated carbocycles. The van der Waals surface area contributed by atoms with Gasteiger partial charge in [-0.2, -0.15) is 13.2 Å². The van der Waals surface area contributed by atoms with Crippen LogP contribution in [0.3, 0.4) is 0 Å². The number of nitrogens with zero attached hydrogens (tertiary/aromatic N) is 5. The zero-order valence-electron chi connectivity index (χ0n) is 21.7. The molecule has 1 aromatic heterocycles. The lowest BCUT2D eigenvalue weighted by Gasteiger charge is -2.31. The van der Waals surface area contributed by atoms with Gasteiger partial charge in [-0.05, 0) is 66.6 Å². The van der Waals surface area contributed by atoms with Gasteiger partial charge in [0.1, 0.15) is 12.2 Å². The molecule has 2 aliphatic rings. The Labute approximate surface area is 221 Å². The van der Waals surface area contributed by atoms with Crippen LogP contribution >= 0.6 is 0 Å². The predicted octanol–water partition coefficient (Wildman–Crippen LogP) is 5.12. The fraction of sp³-hybridized carbons (Fsp3) is 0.481. The largest absolute Gasteiger partial charge is 0.416 e. The van der Waals surface area contributed by atoms with Gasteiger partial charge in [-0.15, -0.1) is 10.2 Å². The lowest BCUT2D eigenvalue weighted by atomic mass is 9.96. The van der Waals surface area contributed by atoms with Crippen molar-refractivity contribution in [1.82, 2.24) is 19.7 Å². The number of benzene rings is 2. The highest BCUT2D eigenvalue weighted by Crippen LogP contribution is 2.43. The molecule has 0 N–H and O–H groups in total. The first-order valence-electron chi connectivity index (χ1n) is 12.8. The maximum absolute atomic E-state index is 14.2. The summed E-state index contributed by atoms with van der Waals surface area (Å²) in [6, 6.07) is 9.58. The van der Waals surface area contributed by atoms with Crippen LogP contribution in [0.4, 0.5) is 18.9 Å². The fourth-order valence-corrected chi connectivity index (χ4v) is 7.29. The van der Waals surface area contributed by atoms with Gasteiger partial charge in [-0.1, -0.05) is 26.0 Å². The number of piperidine rings is 1. The predicted molar refractivity (Wildman–Crippen MR) is 138 cm³/mol. The molecule has 5 rings (SSSR count). The van der Waals surface area contributed by atoms with Crippen LogP contribution in [0.25, 0.3) is 0 Å². The Balaban J connectivity index is 1.47. The van der Waals surface area contributed by atoms with Crippen molar-refractivity contribution >= 4 is 15.7 Å². The van der Waals surface area contributed by atoms with E-state index in [4.69, 9.17) is 0 Å². The standard InChI is InChI=1S/C27H32F3N5O2S/c1-18-6-5-9-34(14-18)15-20-11-24(27(28,29)30)23-16-35(38(36,37)25(23)12-20)22-8-4-7-21(13-22)19(2)10-26-32-31-17-33(26)3/h4,7-8,11-13,17-19H,5-6,9-10,14-16H2,1-3H3/t18-,19?/m0/s1. The summed E-state index contributed by atoms with van der Waals surface area (Å²) in [7, 11) is -2.32. The van der Waals surface area contributed by atoms with Crippen LogP contribution in [0.2, 0.25) is 0 Å². The Kier molecular flexibility index (Phi) is 7.02. The Bertz CT molecular complexity index is 1440. The second-order valence-electron chi connectivity index (χ2n) is 10.7. The molecular formula is C27H32F3N5O2S. The van der Waals surface area contributed by atoms with Crippen LogP contribution in [-0.4, -0.2) is 41.2 Å². The molecule has 0 bridgehead atoms. The molecule has 1 fully saturated rings. The van der Waals surface area contributed by atoms with Crippen molar-refractivity contribution in [1.29, 1.82) is 0 Å². The van der Waals surface area contributed by atoms with Gasteiger partial charge in [0.2, 0.25) is 0 Å². The summed E-state index contributed by atoms with van der Waals surface area (Å²) in [5, 5.41) is 8.01. The summed E-state index contributed by atoms with van der Waals surface area (Å²) >= 11 is 0. The van der Waals surface area contributed by atoms with E-state index in [0.29, 0.717) is 30.1 Å². The number of aromatic nitrogens is 3. The molecule has 38 heavy (non-hydrogen) atoms. The Morgan fingerprint density at radius 2 is 1.97 bits per heavy atom. The van der Waals surface area contributed by atoms with Crippen LogP contribution < -0.4 is 4.31 Å². The Morgan fingerprint density at radius 3 is 2.66 bits per heavy atom.